The molecule has 0 saturated carbocycles. The molecule has 15 nitrogen and oxygen atoms in total. The van der Waals surface area contributed by atoms with Crippen molar-refractivity contribution in [3.8, 4) is 0 Å². The highest BCUT2D eigenvalue weighted by atomic mass is 16.6. The second-order valence-electron chi connectivity index (χ2n) is 17.4. The van der Waals surface area contributed by atoms with Gasteiger partial charge in [0.2, 0.25) is 0 Å². The van der Waals surface area contributed by atoms with Gasteiger partial charge < -0.3 is 43.3 Å². The summed E-state index contributed by atoms with van der Waals surface area (Å²) in [7, 11) is 0. The molecule has 0 spiro atoms. The molecule has 3 atom stereocenters. The highest BCUT2D eigenvalue weighted by Crippen LogP contribution is 2.18. The van der Waals surface area contributed by atoms with Crippen molar-refractivity contribution >= 4 is 35.9 Å². The van der Waals surface area contributed by atoms with Crippen molar-refractivity contribution in [1.29, 1.82) is 0 Å². The number of rotatable bonds is 39. The fourth-order valence-electron chi connectivity index (χ4n) is 7.32. The van der Waals surface area contributed by atoms with Crippen LogP contribution in [0.5, 0.6) is 0 Å². The smallest absolute Gasteiger partial charge is 0.410 e. The lowest BCUT2D eigenvalue weighted by atomic mass is 10.1. The molecule has 0 radical (unpaired) electrons. The zero-order valence-electron chi connectivity index (χ0n) is 41.0. The summed E-state index contributed by atoms with van der Waals surface area (Å²) in [4.78, 5) is 81.1. The van der Waals surface area contributed by atoms with Crippen molar-refractivity contribution in [2.24, 2.45) is 11.8 Å². The largest absolute Gasteiger partial charge is 0.465 e. The lowest BCUT2D eigenvalue weighted by Gasteiger charge is -2.27. The van der Waals surface area contributed by atoms with Crippen molar-refractivity contribution < 1.29 is 62.3 Å². The summed E-state index contributed by atoms with van der Waals surface area (Å²) in [6.45, 7) is 11.7. The Morgan fingerprint density at radius 2 is 0.892 bits per heavy atom. The Morgan fingerprint density at radius 1 is 0.523 bits per heavy atom. The summed E-state index contributed by atoms with van der Waals surface area (Å²) in [6.07, 6.45) is 19.2. The van der Waals surface area contributed by atoms with Crippen LogP contribution in [0, 0.1) is 11.8 Å². The van der Waals surface area contributed by atoms with Crippen molar-refractivity contribution in [2.45, 2.75) is 195 Å². The third-order valence-corrected chi connectivity index (χ3v) is 11.5. The Kier molecular flexibility index (Phi) is 36.0. The van der Waals surface area contributed by atoms with Crippen LogP contribution >= 0.6 is 0 Å². The van der Waals surface area contributed by atoms with Crippen LogP contribution < -0.4 is 0 Å². The first-order valence-corrected chi connectivity index (χ1v) is 25.3. The fourth-order valence-corrected chi connectivity index (χ4v) is 7.32. The number of ether oxygens (including phenoxy) is 6. The lowest BCUT2D eigenvalue weighted by molar-refractivity contribution is -0.156. The molecule has 376 valence electrons. The highest BCUT2D eigenvalue weighted by Gasteiger charge is 2.30. The number of hydrogen-bond donors (Lipinski definition) is 1. The highest BCUT2D eigenvalue weighted by molar-refractivity contribution is 5.73. The Morgan fingerprint density at radius 3 is 1.28 bits per heavy atom. The number of carbonyl (C=O) groups excluding carboxylic acids is 6. The molecule has 1 N–H and O–H groups in total. The number of likely N-dealkylation sites (N-methyl/N-ethyl adjacent to an activating group) is 1. The van der Waals surface area contributed by atoms with Gasteiger partial charge in [-0.1, -0.05) is 131 Å². The fraction of sp³-hybridized carbons (Fsp3) is 0.840. The van der Waals surface area contributed by atoms with Crippen LogP contribution in [0.25, 0.3) is 0 Å². The molecule has 0 fully saturated rings. The zero-order chi connectivity index (χ0) is 47.9. The van der Waals surface area contributed by atoms with E-state index in [1.165, 1.54) is 11.3 Å². The monoisotopic (exact) mass is 925 g/mol. The third kappa shape index (κ3) is 31.8. The third-order valence-electron chi connectivity index (χ3n) is 11.5. The Labute approximate surface area is 391 Å². The van der Waals surface area contributed by atoms with Gasteiger partial charge in [0.1, 0.15) is 18.8 Å². The molecule has 1 unspecified atom stereocenters. The number of carbonyl (C=O) groups is 6. The summed E-state index contributed by atoms with van der Waals surface area (Å²) in [5.74, 6) is -3.82. The maximum absolute atomic E-state index is 13.5. The summed E-state index contributed by atoms with van der Waals surface area (Å²) in [6, 6.07) is 0. The molecule has 0 bridgehead atoms. The number of esters is 5. The quantitative estimate of drug-likeness (QED) is 0.0266. The van der Waals surface area contributed by atoms with Gasteiger partial charge in [0.15, 0.2) is 0 Å². The number of unbranched alkanes of at least 4 members (excludes halogenated alkanes) is 15. The molecule has 65 heavy (non-hydrogen) atoms. The number of aliphatic hydroxyl groups excluding tert-OH is 1. The van der Waals surface area contributed by atoms with Gasteiger partial charge in [-0.2, -0.15) is 0 Å². The molecule has 0 aromatic carbocycles. The molecule has 1 amide bonds. The van der Waals surface area contributed by atoms with Crippen LogP contribution in [0.3, 0.4) is 0 Å². The van der Waals surface area contributed by atoms with Crippen molar-refractivity contribution in [3.05, 3.63) is 12.2 Å². The summed E-state index contributed by atoms with van der Waals surface area (Å²) in [5, 5.41) is 9.96. The minimum atomic E-state index is -0.955. The van der Waals surface area contributed by atoms with E-state index in [9.17, 15) is 33.9 Å². The minimum Gasteiger partial charge on any atom is -0.465 e. The second-order valence-corrected chi connectivity index (χ2v) is 17.4. The van der Waals surface area contributed by atoms with Gasteiger partial charge in [-0.05, 0) is 44.5 Å². The maximum Gasteiger partial charge on any atom is 0.410 e. The van der Waals surface area contributed by atoms with E-state index in [0.717, 1.165) is 109 Å². The number of nitrogens with zero attached hydrogens (tertiary/aromatic N) is 2. The molecule has 1 heterocycles. The van der Waals surface area contributed by atoms with Gasteiger partial charge in [-0.25, -0.2) is 4.79 Å². The Bertz CT molecular complexity index is 1290. The van der Waals surface area contributed by atoms with Gasteiger partial charge in [0.25, 0.3) is 0 Å². The van der Waals surface area contributed by atoms with Gasteiger partial charge in [-0.3, -0.25) is 24.0 Å². The van der Waals surface area contributed by atoms with E-state index in [1.807, 2.05) is 13.8 Å². The first kappa shape index (κ1) is 59.3. The number of hydrogen-bond acceptors (Lipinski definition) is 14. The normalized spacial score (nSPS) is 15.4. The molecule has 1 rings (SSSR count). The van der Waals surface area contributed by atoms with Gasteiger partial charge in [0.05, 0.1) is 45.8 Å². The van der Waals surface area contributed by atoms with Crippen molar-refractivity contribution in [1.82, 2.24) is 9.80 Å². The topological polar surface area (TPSA) is 185 Å². The van der Waals surface area contributed by atoms with Gasteiger partial charge >= 0.3 is 35.9 Å². The van der Waals surface area contributed by atoms with E-state index in [2.05, 4.69) is 25.7 Å². The van der Waals surface area contributed by atoms with Crippen LogP contribution in [0.4, 0.5) is 4.79 Å². The SMILES string of the molecule is CCCCCCCCC(=O)OCC(CO)CC(=O)O[C@@H]1C=C[C@@H](OC(=O)CC(COC(=O)CCCCCCCC)COC(=O)CCCCCCCC)CN(C(=O)OCCN(CC)CC)C1. The Hall–Kier alpha value is -3.72. The summed E-state index contributed by atoms with van der Waals surface area (Å²) >= 11 is 0. The molecular weight excluding hydrogens is 837 g/mol. The predicted molar refractivity (Wildman–Crippen MR) is 250 cm³/mol. The van der Waals surface area contributed by atoms with E-state index in [-0.39, 0.29) is 89.5 Å². The van der Waals surface area contributed by atoms with Crippen molar-refractivity contribution in [3.63, 3.8) is 0 Å². The van der Waals surface area contributed by atoms with Crippen LogP contribution in [-0.4, -0.2) is 129 Å². The van der Waals surface area contributed by atoms with Crippen LogP contribution in [0.1, 0.15) is 182 Å². The minimum absolute atomic E-state index is 0.0941. The molecule has 0 aromatic heterocycles. The van der Waals surface area contributed by atoms with Crippen LogP contribution in [0.2, 0.25) is 0 Å². The molecular formula is C50H88N2O13. The predicted octanol–water partition coefficient (Wildman–Crippen LogP) is 9.05. The van der Waals surface area contributed by atoms with Crippen LogP contribution in [-0.2, 0) is 52.4 Å². The molecule has 1 aliphatic heterocycles. The standard InChI is InChI=1S/C50H88N2O13/c1-6-11-14-17-20-23-26-45(54)61-38-41(37-53)33-48(57)64-43-29-30-44(36-52(35-43)50(59)60-32-31-51(9-4)10-5)65-49(58)34-42(39-62-46(55)27-24-21-18-15-12-7-2)40-63-47(56)28-25-22-19-16-13-8-3/h29-30,41-44,53H,6-28,31-40H2,1-5H3/t41?,43-,44-/m1/s1. The van der Waals surface area contributed by atoms with E-state index < -0.39 is 48.7 Å². The van der Waals surface area contributed by atoms with E-state index >= 15 is 0 Å². The lowest BCUT2D eigenvalue weighted by Crippen LogP contribution is -2.42. The maximum atomic E-state index is 13.5. The first-order valence-electron chi connectivity index (χ1n) is 25.3. The average Bonchev–Trinajstić information content (AvgIpc) is 3.49. The zero-order valence-corrected chi connectivity index (χ0v) is 41.0. The van der Waals surface area contributed by atoms with Crippen molar-refractivity contribution in [2.75, 3.05) is 65.8 Å². The van der Waals surface area contributed by atoms with E-state index in [4.69, 9.17) is 28.4 Å². The van der Waals surface area contributed by atoms with Crippen LogP contribution in [0.15, 0.2) is 12.2 Å². The molecule has 1 aliphatic rings. The average molecular weight is 925 g/mol. The van der Waals surface area contributed by atoms with Gasteiger partial charge in [0, 0.05) is 44.2 Å². The van der Waals surface area contributed by atoms with Gasteiger partial charge in [-0.15, -0.1) is 0 Å². The molecule has 15 heteroatoms. The Balaban J connectivity index is 3.00. The van der Waals surface area contributed by atoms with E-state index in [1.54, 1.807) is 12.2 Å². The second kappa shape index (κ2) is 39.4. The molecule has 0 aliphatic carbocycles. The number of aliphatic hydroxyl groups is 1. The van der Waals surface area contributed by atoms with E-state index in [0.29, 0.717) is 19.4 Å². The molecule has 0 saturated heterocycles. The summed E-state index contributed by atoms with van der Waals surface area (Å²) in [5.41, 5.74) is 0. The number of amides is 1. The summed E-state index contributed by atoms with van der Waals surface area (Å²) < 4.78 is 33.7. The molecule has 0 aromatic rings. The first-order chi connectivity index (χ1) is 31.5.